The minimum Gasteiger partial charge on any atom is -0.478 e. The van der Waals surface area contributed by atoms with Crippen LogP contribution in [0, 0.1) is 11.6 Å². The van der Waals surface area contributed by atoms with Crippen molar-refractivity contribution in [1.82, 2.24) is 0 Å². The highest BCUT2D eigenvalue weighted by molar-refractivity contribution is 5.89. The van der Waals surface area contributed by atoms with Gasteiger partial charge in [0.1, 0.15) is 6.04 Å². The number of rotatable bonds is 2. The molecule has 0 bridgehead atoms. The Hall–Kier alpha value is -1.70. The number of carboxylic acids is 1. The van der Waals surface area contributed by atoms with Crippen molar-refractivity contribution in [1.29, 1.82) is 0 Å². The molecule has 3 N–H and O–H groups in total. The fourth-order valence-electron chi connectivity index (χ4n) is 1.18. The maximum Gasteiger partial charge on any atom is 0.407 e. The smallest absolute Gasteiger partial charge is 0.407 e. The normalized spacial score (nSPS) is 13.5. The first-order valence-electron chi connectivity index (χ1n) is 4.19. The number of hydrogen-bond donors (Lipinski definition) is 2. The van der Waals surface area contributed by atoms with Crippen LogP contribution in [-0.2, 0) is 0 Å². The zero-order valence-electron chi connectivity index (χ0n) is 8.05. The second kappa shape index (κ2) is 4.28. The summed E-state index contributed by atoms with van der Waals surface area (Å²) in [5, 5.41) is 8.58. The average molecular weight is 255 g/mol. The Morgan fingerprint density at radius 2 is 1.71 bits per heavy atom. The van der Waals surface area contributed by atoms with Crippen molar-refractivity contribution in [3.8, 4) is 0 Å². The third kappa shape index (κ3) is 2.70. The molecule has 0 saturated carbocycles. The number of nitrogens with two attached hydrogens (primary N) is 1. The summed E-state index contributed by atoms with van der Waals surface area (Å²) in [4.78, 5) is 10.6. The predicted octanol–water partition coefficient (Wildman–Crippen LogP) is 2.23. The van der Waals surface area contributed by atoms with E-state index >= 15 is 0 Å². The summed E-state index contributed by atoms with van der Waals surface area (Å²) in [7, 11) is 0. The molecule has 1 atom stereocenters. The highest BCUT2D eigenvalue weighted by Gasteiger charge is 2.40. The number of carbonyl (C=O) groups is 1. The first-order valence-corrected chi connectivity index (χ1v) is 4.19. The maximum absolute atomic E-state index is 12.8. The zero-order chi connectivity index (χ0) is 13.4. The van der Waals surface area contributed by atoms with Gasteiger partial charge in [0.2, 0.25) is 0 Å². The van der Waals surface area contributed by atoms with Gasteiger partial charge in [-0.1, -0.05) is 0 Å². The van der Waals surface area contributed by atoms with Crippen LogP contribution in [0.4, 0.5) is 22.0 Å². The summed E-state index contributed by atoms with van der Waals surface area (Å²) in [5.41, 5.74) is 2.71. The van der Waals surface area contributed by atoms with Gasteiger partial charge in [-0.3, -0.25) is 0 Å². The van der Waals surface area contributed by atoms with Gasteiger partial charge < -0.3 is 10.8 Å². The van der Waals surface area contributed by atoms with E-state index in [1.165, 1.54) is 0 Å². The zero-order valence-corrected chi connectivity index (χ0v) is 8.05. The number of aromatic carboxylic acids is 1. The highest BCUT2D eigenvalue weighted by atomic mass is 19.4. The molecule has 0 amide bonds. The number of benzene rings is 1. The van der Waals surface area contributed by atoms with E-state index in [0.717, 1.165) is 0 Å². The standard InChI is InChI=1S/C9H6F5NO2/c10-5-1-3(7(15)9(12,13)14)4(8(16)17)2-6(5)11/h1-2,7H,15H2,(H,16,17)/t7-/m1/s1. The lowest BCUT2D eigenvalue weighted by atomic mass is 10.00. The summed E-state index contributed by atoms with van der Waals surface area (Å²) >= 11 is 0. The highest BCUT2D eigenvalue weighted by Crippen LogP contribution is 2.33. The summed E-state index contributed by atoms with van der Waals surface area (Å²) < 4.78 is 62.3. The molecule has 0 aliphatic rings. The molecule has 0 aliphatic heterocycles. The summed E-state index contributed by atoms with van der Waals surface area (Å²) in [6.45, 7) is 0. The van der Waals surface area contributed by atoms with Gasteiger partial charge in [-0.2, -0.15) is 13.2 Å². The average Bonchev–Trinajstić information content (AvgIpc) is 2.18. The van der Waals surface area contributed by atoms with Gasteiger partial charge in [-0.15, -0.1) is 0 Å². The molecular formula is C9H6F5NO2. The van der Waals surface area contributed by atoms with Crippen molar-refractivity contribution in [3.05, 3.63) is 34.9 Å². The molecule has 0 aliphatic carbocycles. The van der Waals surface area contributed by atoms with Gasteiger partial charge in [0.25, 0.3) is 0 Å². The van der Waals surface area contributed by atoms with Crippen molar-refractivity contribution < 1.29 is 31.9 Å². The Kier molecular flexibility index (Phi) is 3.37. The van der Waals surface area contributed by atoms with Crippen molar-refractivity contribution >= 4 is 5.97 Å². The van der Waals surface area contributed by atoms with Crippen LogP contribution in [0.15, 0.2) is 12.1 Å². The van der Waals surface area contributed by atoms with E-state index in [9.17, 15) is 26.7 Å². The molecule has 0 heterocycles. The van der Waals surface area contributed by atoms with Crippen molar-refractivity contribution in [2.45, 2.75) is 12.2 Å². The van der Waals surface area contributed by atoms with Crippen LogP contribution >= 0.6 is 0 Å². The van der Waals surface area contributed by atoms with Gasteiger partial charge in [0.15, 0.2) is 11.6 Å². The lowest BCUT2D eigenvalue weighted by Gasteiger charge is -2.18. The minimum atomic E-state index is -4.95. The van der Waals surface area contributed by atoms with E-state index in [4.69, 9.17) is 10.8 Å². The van der Waals surface area contributed by atoms with E-state index in [-0.39, 0.29) is 12.1 Å². The number of alkyl halides is 3. The monoisotopic (exact) mass is 255 g/mol. The molecule has 0 fully saturated rings. The molecule has 3 nitrogen and oxygen atoms in total. The van der Waals surface area contributed by atoms with Gasteiger partial charge in [-0.25, -0.2) is 13.6 Å². The first-order chi connectivity index (χ1) is 7.64. The third-order valence-corrected chi connectivity index (χ3v) is 2.01. The van der Waals surface area contributed by atoms with Gasteiger partial charge >= 0.3 is 12.1 Å². The van der Waals surface area contributed by atoms with Crippen LogP contribution in [0.25, 0.3) is 0 Å². The van der Waals surface area contributed by atoms with E-state index in [1.54, 1.807) is 0 Å². The SMILES string of the molecule is N[C@H](c1cc(F)c(F)cc1C(=O)O)C(F)(F)F. The minimum absolute atomic E-state index is 0.136. The molecule has 0 radical (unpaired) electrons. The van der Waals surface area contributed by atoms with Gasteiger partial charge in [0.05, 0.1) is 5.56 Å². The largest absolute Gasteiger partial charge is 0.478 e. The van der Waals surface area contributed by atoms with E-state index < -0.39 is 40.9 Å². The molecule has 0 aromatic heterocycles. The second-order valence-electron chi connectivity index (χ2n) is 3.18. The first kappa shape index (κ1) is 13.4. The van der Waals surface area contributed by atoms with Crippen molar-refractivity contribution in [2.24, 2.45) is 5.73 Å². The predicted molar refractivity (Wildman–Crippen MR) is 46.3 cm³/mol. The molecule has 0 spiro atoms. The summed E-state index contributed by atoms with van der Waals surface area (Å²) in [6, 6.07) is -2.39. The van der Waals surface area contributed by atoms with E-state index in [0.29, 0.717) is 0 Å². The Morgan fingerprint density at radius 1 is 1.24 bits per heavy atom. The van der Waals surface area contributed by atoms with E-state index in [1.807, 2.05) is 0 Å². The number of hydrogen-bond acceptors (Lipinski definition) is 2. The van der Waals surface area contributed by atoms with Gasteiger partial charge in [0, 0.05) is 0 Å². The Morgan fingerprint density at radius 3 is 2.12 bits per heavy atom. The number of carboxylic acid groups (broad SMARTS) is 1. The second-order valence-corrected chi connectivity index (χ2v) is 3.18. The van der Waals surface area contributed by atoms with Gasteiger partial charge in [-0.05, 0) is 17.7 Å². The summed E-state index contributed by atoms with van der Waals surface area (Å²) in [5.74, 6) is -4.97. The fraction of sp³-hybridized carbons (Fsp3) is 0.222. The molecule has 1 aromatic carbocycles. The molecule has 8 heteroatoms. The Balaban J connectivity index is 3.41. The van der Waals surface area contributed by atoms with Crippen LogP contribution in [0.1, 0.15) is 22.0 Å². The lowest BCUT2D eigenvalue weighted by Crippen LogP contribution is -2.30. The third-order valence-electron chi connectivity index (χ3n) is 2.01. The van der Waals surface area contributed by atoms with E-state index in [2.05, 4.69) is 0 Å². The molecule has 94 valence electrons. The molecular weight excluding hydrogens is 249 g/mol. The Bertz CT molecular complexity index is 457. The van der Waals surface area contributed by atoms with Crippen LogP contribution < -0.4 is 5.73 Å². The molecule has 17 heavy (non-hydrogen) atoms. The quantitative estimate of drug-likeness (QED) is 0.796. The topological polar surface area (TPSA) is 63.3 Å². The molecule has 0 unspecified atom stereocenters. The summed E-state index contributed by atoms with van der Waals surface area (Å²) in [6.07, 6.45) is -4.95. The number of halogens is 5. The maximum atomic E-state index is 12.8. The van der Waals surface area contributed by atoms with Crippen LogP contribution in [0.2, 0.25) is 0 Å². The van der Waals surface area contributed by atoms with Crippen LogP contribution in [0.5, 0.6) is 0 Å². The van der Waals surface area contributed by atoms with Crippen LogP contribution in [0.3, 0.4) is 0 Å². The molecule has 0 saturated heterocycles. The van der Waals surface area contributed by atoms with Crippen molar-refractivity contribution in [3.63, 3.8) is 0 Å². The van der Waals surface area contributed by atoms with Crippen LogP contribution in [-0.4, -0.2) is 17.3 Å². The molecule has 1 rings (SSSR count). The molecule has 1 aromatic rings. The Labute approximate surface area is 91.6 Å². The lowest BCUT2D eigenvalue weighted by molar-refractivity contribution is -0.149. The van der Waals surface area contributed by atoms with Crippen molar-refractivity contribution in [2.75, 3.05) is 0 Å². The fourth-order valence-corrected chi connectivity index (χ4v) is 1.18.